The summed E-state index contributed by atoms with van der Waals surface area (Å²) in [7, 11) is 0. The molecule has 0 bridgehead atoms. The molecule has 2 aliphatic rings. The van der Waals surface area contributed by atoms with Crippen molar-refractivity contribution in [2.75, 3.05) is 4.90 Å². The number of imide groups is 1. The maximum Gasteiger partial charge on any atom is 0.314 e. The van der Waals surface area contributed by atoms with Crippen LogP contribution in [0.2, 0.25) is 0 Å². The molecule has 0 unspecified atom stereocenters. The Hall–Kier alpha value is -3.67. The maximum atomic E-state index is 13.1. The average Bonchev–Trinajstić information content (AvgIpc) is 3.28. The maximum absolute atomic E-state index is 13.1. The lowest BCUT2D eigenvalue weighted by Gasteiger charge is -2.27. The van der Waals surface area contributed by atoms with E-state index >= 15 is 0 Å². The fourth-order valence-corrected chi connectivity index (χ4v) is 4.35. The number of hydrogen-bond acceptors (Lipinski definition) is 5. The zero-order valence-corrected chi connectivity index (χ0v) is 16.1. The molecular formula is C24H19NO5. The Balaban J connectivity index is 1.46. The van der Waals surface area contributed by atoms with Crippen LogP contribution in [0.15, 0.2) is 54.6 Å². The van der Waals surface area contributed by atoms with E-state index < -0.39 is 11.8 Å². The summed E-state index contributed by atoms with van der Waals surface area (Å²) in [6, 6.07) is 14.4. The highest BCUT2D eigenvalue weighted by Gasteiger charge is 2.34. The lowest BCUT2D eigenvalue weighted by molar-refractivity contribution is -0.138. The predicted octanol–water partition coefficient (Wildman–Crippen LogP) is 4.44. The van der Waals surface area contributed by atoms with Crippen LogP contribution in [0.1, 0.15) is 46.4 Å². The summed E-state index contributed by atoms with van der Waals surface area (Å²) in [5, 5.41) is 11.2. The number of rotatable bonds is 3. The highest BCUT2D eigenvalue weighted by atomic mass is 16.5. The van der Waals surface area contributed by atoms with Gasteiger partial charge in [0.2, 0.25) is 0 Å². The highest BCUT2D eigenvalue weighted by Crippen LogP contribution is 2.35. The Bertz CT molecular complexity index is 1190. The Morgan fingerprint density at radius 1 is 0.933 bits per heavy atom. The molecule has 1 aliphatic heterocycles. The number of anilines is 1. The van der Waals surface area contributed by atoms with Crippen molar-refractivity contribution in [1.82, 2.24) is 0 Å². The van der Waals surface area contributed by atoms with Gasteiger partial charge < -0.3 is 9.84 Å². The summed E-state index contributed by atoms with van der Waals surface area (Å²) in [4.78, 5) is 39.5. The summed E-state index contributed by atoms with van der Waals surface area (Å²) < 4.78 is 5.45. The number of amides is 2. The third-order valence-electron chi connectivity index (χ3n) is 5.83. The van der Waals surface area contributed by atoms with Gasteiger partial charge in [0, 0.05) is 10.9 Å². The Labute approximate surface area is 172 Å². The minimum absolute atomic E-state index is 0.0357. The number of hydrogen-bond donors (Lipinski definition) is 1. The van der Waals surface area contributed by atoms with Crippen LogP contribution < -0.4 is 9.64 Å². The summed E-state index contributed by atoms with van der Waals surface area (Å²) in [5.41, 5.74) is 1.05. The summed E-state index contributed by atoms with van der Waals surface area (Å²) in [6.45, 7) is 0. The molecule has 2 amide bonds. The lowest BCUT2D eigenvalue weighted by Crippen LogP contribution is -2.40. The van der Waals surface area contributed by atoms with Crippen LogP contribution in [0.5, 0.6) is 11.5 Å². The zero-order chi connectivity index (χ0) is 20.8. The summed E-state index contributed by atoms with van der Waals surface area (Å²) in [6.07, 6.45) is 3.79. The first-order valence-corrected chi connectivity index (χ1v) is 9.99. The minimum Gasteiger partial charge on any atom is -0.508 e. The van der Waals surface area contributed by atoms with E-state index in [4.69, 9.17) is 4.74 Å². The molecule has 1 fully saturated rings. The molecule has 5 rings (SSSR count). The zero-order valence-electron chi connectivity index (χ0n) is 16.1. The molecule has 0 aromatic heterocycles. The molecule has 0 saturated heterocycles. The first kappa shape index (κ1) is 18.4. The molecule has 0 atom stereocenters. The molecule has 3 aromatic rings. The van der Waals surface area contributed by atoms with Gasteiger partial charge in [-0.2, -0.15) is 0 Å². The van der Waals surface area contributed by atoms with E-state index in [0.29, 0.717) is 27.8 Å². The number of carbonyl (C=O) groups excluding carboxylic acids is 3. The van der Waals surface area contributed by atoms with Gasteiger partial charge in [-0.05, 0) is 60.7 Å². The second-order valence-electron chi connectivity index (χ2n) is 7.74. The van der Waals surface area contributed by atoms with Crippen LogP contribution in [0.25, 0.3) is 10.8 Å². The molecule has 6 heteroatoms. The third-order valence-corrected chi connectivity index (χ3v) is 5.83. The van der Waals surface area contributed by atoms with E-state index in [-0.39, 0.29) is 23.2 Å². The van der Waals surface area contributed by atoms with Crippen LogP contribution in [0, 0.1) is 5.92 Å². The number of nitrogens with zero attached hydrogens (tertiary/aromatic N) is 1. The van der Waals surface area contributed by atoms with Gasteiger partial charge in [-0.15, -0.1) is 0 Å². The van der Waals surface area contributed by atoms with E-state index in [0.717, 1.165) is 30.6 Å². The quantitative estimate of drug-likeness (QED) is 0.398. The van der Waals surface area contributed by atoms with Gasteiger partial charge in [0.15, 0.2) is 0 Å². The van der Waals surface area contributed by atoms with Gasteiger partial charge in [-0.3, -0.25) is 14.4 Å². The summed E-state index contributed by atoms with van der Waals surface area (Å²) >= 11 is 0. The van der Waals surface area contributed by atoms with Crippen LogP contribution in [-0.2, 0) is 4.79 Å². The van der Waals surface area contributed by atoms with E-state index in [1.807, 2.05) is 0 Å². The number of aromatic hydroxyl groups is 1. The van der Waals surface area contributed by atoms with Crippen molar-refractivity contribution in [3.05, 3.63) is 65.7 Å². The SMILES string of the molecule is O=C(Oc1ccc(N2C(=O)c3cccc4cc(O)cc(c34)C2=O)cc1)C1CCCC1. The number of esters is 1. The van der Waals surface area contributed by atoms with E-state index in [2.05, 4.69) is 0 Å². The molecule has 150 valence electrons. The molecular weight excluding hydrogens is 382 g/mol. The van der Waals surface area contributed by atoms with Crippen LogP contribution >= 0.6 is 0 Å². The predicted molar refractivity (Wildman–Crippen MR) is 111 cm³/mol. The van der Waals surface area contributed by atoms with Crippen molar-refractivity contribution in [2.24, 2.45) is 5.92 Å². The average molecular weight is 401 g/mol. The lowest BCUT2D eigenvalue weighted by atomic mass is 9.93. The second kappa shape index (κ2) is 6.99. The smallest absolute Gasteiger partial charge is 0.314 e. The van der Waals surface area contributed by atoms with Crippen LogP contribution in [0.4, 0.5) is 5.69 Å². The van der Waals surface area contributed by atoms with E-state index in [9.17, 15) is 19.5 Å². The van der Waals surface area contributed by atoms with Gasteiger partial charge in [-0.1, -0.05) is 25.0 Å². The molecule has 1 aliphatic carbocycles. The molecule has 6 nitrogen and oxygen atoms in total. The van der Waals surface area contributed by atoms with Gasteiger partial charge in [0.1, 0.15) is 11.5 Å². The Morgan fingerprint density at radius 3 is 2.37 bits per heavy atom. The molecule has 1 saturated carbocycles. The van der Waals surface area contributed by atoms with E-state index in [1.165, 1.54) is 12.1 Å². The van der Waals surface area contributed by atoms with Gasteiger partial charge in [0.25, 0.3) is 11.8 Å². The van der Waals surface area contributed by atoms with Crippen molar-refractivity contribution >= 4 is 34.2 Å². The van der Waals surface area contributed by atoms with Crippen LogP contribution in [-0.4, -0.2) is 22.9 Å². The molecule has 0 spiro atoms. The third kappa shape index (κ3) is 2.92. The van der Waals surface area contributed by atoms with Crippen molar-refractivity contribution in [3.63, 3.8) is 0 Å². The molecule has 1 N–H and O–H groups in total. The molecule has 30 heavy (non-hydrogen) atoms. The largest absolute Gasteiger partial charge is 0.508 e. The molecule has 3 aromatic carbocycles. The first-order chi connectivity index (χ1) is 14.5. The van der Waals surface area contributed by atoms with Crippen LogP contribution in [0.3, 0.4) is 0 Å². The Kier molecular flexibility index (Phi) is 4.28. The monoisotopic (exact) mass is 401 g/mol. The van der Waals surface area contributed by atoms with Crippen molar-refractivity contribution in [3.8, 4) is 11.5 Å². The first-order valence-electron chi connectivity index (χ1n) is 9.99. The standard InChI is InChI=1S/C24H19NO5/c26-17-12-15-6-3-7-19-21(15)20(13-17)23(28)25(22(19)27)16-8-10-18(11-9-16)30-24(29)14-4-1-2-5-14/h3,6-14,26H,1-2,4-5H2. The number of phenolic OH excluding ortho intramolecular Hbond substituents is 1. The number of ether oxygens (including phenoxy) is 1. The number of benzene rings is 3. The van der Waals surface area contributed by atoms with Crippen molar-refractivity contribution in [1.29, 1.82) is 0 Å². The molecule has 1 heterocycles. The molecule has 0 radical (unpaired) electrons. The van der Waals surface area contributed by atoms with Gasteiger partial charge in [-0.25, -0.2) is 4.90 Å². The number of carbonyl (C=O) groups is 3. The van der Waals surface area contributed by atoms with E-state index in [1.54, 1.807) is 42.5 Å². The highest BCUT2D eigenvalue weighted by molar-refractivity contribution is 6.35. The van der Waals surface area contributed by atoms with Crippen molar-refractivity contribution < 1.29 is 24.2 Å². The van der Waals surface area contributed by atoms with Gasteiger partial charge in [0.05, 0.1) is 17.2 Å². The summed E-state index contributed by atoms with van der Waals surface area (Å²) in [5.74, 6) is -0.880. The Morgan fingerprint density at radius 2 is 1.63 bits per heavy atom. The second-order valence-corrected chi connectivity index (χ2v) is 7.74. The topological polar surface area (TPSA) is 83.9 Å². The van der Waals surface area contributed by atoms with Gasteiger partial charge >= 0.3 is 5.97 Å². The minimum atomic E-state index is -0.504. The number of phenols is 1. The normalized spacial score (nSPS) is 16.3. The fourth-order valence-electron chi connectivity index (χ4n) is 4.35. The van der Waals surface area contributed by atoms with Crippen molar-refractivity contribution in [2.45, 2.75) is 25.7 Å². The fraction of sp³-hybridized carbons (Fsp3) is 0.208.